The van der Waals surface area contributed by atoms with E-state index in [1.165, 1.54) is 6.33 Å². The minimum Gasteiger partial charge on any atom is -0.391 e. The van der Waals surface area contributed by atoms with Crippen molar-refractivity contribution in [3.05, 3.63) is 53.9 Å². The maximum absolute atomic E-state index is 13.2. The number of rotatable bonds is 2. The number of fused-ring (bicyclic) bond motifs is 2. The van der Waals surface area contributed by atoms with Crippen LogP contribution in [0.2, 0.25) is 0 Å². The van der Waals surface area contributed by atoms with Gasteiger partial charge in [-0.3, -0.25) is 4.79 Å². The number of aliphatic hydroxyl groups is 1. The van der Waals surface area contributed by atoms with Crippen LogP contribution in [0, 0.1) is 25.7 Å². The van der Waals surface area contributed by atoms with Crippen molar-refractivity contribution in [2.75, 3.05) is 13.1 Å². The van der Waals surface area contributed by atoms with E-state index in [2.05, 4.69) is 19.5 Å². The highest BCUT2D eigenvalue weighted by atomic mass is 16.3. The van der Waals surface area contributed by atoms with Gasteiger partial charge in [-0.1, -0.05) is 12.1 Å². The second kappa shape index (κ2) is 6.91. The maximum Gasteiger partial charge on any atom is 0.257 e. The third-order valence-corrected chi connectivity index (χ3v) is 6.67. The Balaban J connectivity index is 1.38. The zero-order valence-corrected chi connectivity index (χ0v) is 16.7. The number of hydrogen-bond acceptors (Lipinski definition) is 5. The van der Waals surface area contributed by atoms with Gasteiger partial charge in [-0.2, -0.15) is 0 Å². The highest BCUT2D eigenvalue weighted by molar-refractivity contribution is 5.96. The number of likely N-dealkylation sites (tertiary alicyclic amines) is 1. The van der Waals surface area contributed by atoms with E-state index in [1.807, 2.05) is 49.3 Å². The van der Waals surface area contributed by atoms with E-state index in [0.29, 0.717) is 36.9 Å². The third kappa shape index (κ3) is 3.00. The van der Waals surface area contributed by atoms with Crippen molar-refractivity contribution in [3.8, 4) is 0 Å². The molecule has 0 radical (unpaired) electrons. The second-order valence-electron chi connectivity index (χ2n) is 8.40. The van der Waals surface area contributed by atoms with Gasteiger partial charge in [0.15, 0.2) is 0 Å². The van der Waals surface area contributed by atoms with E-state index < -0.39 is 6.10 Å². The number of carbonyl (C=O) groups is 1. The Bertz CT molecular complexity index is 1060. The lowest BCUT2D eigenvalue weighted by molar-refractivity contribution is 0.0374. The Morgan fingerprint density at radius 2 is 1.72 bits per heavy atom. The molecule has 29 heavy (non-hydrogen) atoms. The Kier molecular flexibility index (Phi) is 4.35. The lowest BCUT2D eigenvalue weighted by Gasteiger charge is -2.36. The first-order valence-corrected chi connectivity index (χ1v) is 10.2. The first kappa shape index (κ1) is 18.2. The fourth-order valence-corrected chi connectivity index (χ4v) is 5.18. The maximum atomic E-state index is 13.2. The Hall–Kier alpha value is -2.80. The van der Waals surface area contributed by atoms with Crippen LogP contribution in [0.5, 0.6) is 0 Å². The topological polar surface area (TPSA) is 84.1 Å². The summed E-state index contributed by atoms with van der Waals surface area (Å²) in [6.07, 6.45) is 4.45. The predicted molar refractivity (Wildman–Crippen MR) is 108 cm³/mol. The standard InChI is InChI=1S/C22H25N5O2/c1-13-21(14(2)24-11-23-13)22(29)26-9-15-7-19(20(28)8-16(15)10-26)27-12-25-17-5-3-4-6-18(17)27/h3-6,11-12,15-16,19-20,28H,7-10H2,1-2H3/t15-,16+,19-,20-/m1/s1. The molecule has 4 atom stereocenters. The van der Waals surface area contributed by atoms with Crippen LogP contribution in [0.15, 0.2) is 36.9 Å². The summed E-state index contributed by atoms with van der Waals surface area (Å²) in [5.41, 5.74) is 4.05. The van der Waals surface area contributed by atoms with Gasteiger partial charge in [-0.15, -0.1) is 0 Å². The molecule has 7 heteroatoms. The molecule has 1 saturated carbocycles. The fraction of sp³-hybridized carbons (Fsp3) is 0.455. The molecule has 1 aromatic carbocycles. The van der Waals surface area contributed by atoms with Gasteiger partial charge in [0.25, 0.3) is 5.91 Å². The van der Waals surface area contributed by atoms with Gasteiger partial charge in [0.2, 0.25) is 0 Å². The lowest BCUT2D eigenvalue weighted by Crippen LogP contribution is -2.36. The summed E-state index contributed by atoms with van der Waals surface area (Å²) >= 11 is 0. The number of imidazole rings is 1. The van der Waals surface area contributed by atoms with E-state index in [0.717, 1.165) is 28.8 Å². The number of benzene rings is 1. The van der Waals surface area contributed by atoms with Crippen LogP contribution in [0.25, 0.3) is 11.0 Å². The molecule has 0 unspecified atom stereocenters. The molecule has 7 nitrogen and oxygen atoms in total. The molecule has 1 N–H and O–H groups in total. The summed E-state index contributed by atoms with van der Waals surface area (Å²) in [5, 5.41) is 10.9. The molecular formula is C22H25N5O2. The highest BCUT2D eigenvalue weighted by Crippen LogP contribution is 2.42. The van der Waals surface area contributed by atoms with Crippen LogP contribution in [0.4, 0.5) is 0 Å². The van der Waals surface area contributed by atoms with Crippen LogP contribution in [0.1, 0.15) is 40.6 Å². The molecule has 2 aromatic heterocycles. The third-order valence-electron chi connectivity index (χ3n) is 6.67. The van der Waals surface area contributed by atoms with Crippen molar-refractivity contribution in [1.82, 2.24) is 24.4 Å². The molecule has 1 saturated heterocycles. The quantitative estimate of drug-likeness (QED) is 0.726. The molecule has 5 rings (SSSR count). The number of nitrogens with zero attached hydrogens (tertiary/aromatic N) is 5. The minimum atomic E-state index is -0.438. The summed E-state index contributed by atoms with van der Waals surface area (Å²) in [6, 6.07) is 8.01. The Labute approximate surface area is 169 Å². The van der Waals surface area contributed by atoms with Gasteiger partial charge in [0.05, 0.1) is 46.5 Å². The Morgan fingerprint density at radius 1 is 1.03 bits per heavy atom. The Morgan fingerprint density at radius 3 is 2.48 bits per heavy atom. The largest absolute Gasteiger partial charge is 0.391 e. The molecule has 3 heterocycles. The van der Waals surface area contributed by atoms with E-state index in [1.54, 1.807) is 0 Å². The number of aliphatic hydroxyl groups excluding tert-OH is 1. The van der Waals surface area contributed by atoms with Crippen molar-refractivity contribution in [2.45, 2.75) is 38.8 Å². The van der Waals surface area contributed by atoms with E-state index >= 15 is 0 Å². The molecule has 2 fully saturated rings. The number of aromatic nitrogens is 4. The summed E-state index contributed by atoms with van der Waals surface area (Å²) < 4.78 is 2.11. The number of aryl methyl sites for hydroxylation is 2. The molecule has 0 bridgehead atoms. The number of carbonyl (C=O) groups excluding carboxylic acids is 1. The van der Waals surface area contributed by atoms with Crippen molar-refractivity contribution in [1.29, 1.82) is 0 Å². The summed E-state index contributed by atoms with van der Waals surface area (Å²) in [6.45, 7) is 5.11. The normalized spacial score (nSPS) is 26.7. The molecule has 3 aromatic rings. The number of para-hydroxylation sites is 2. The van der Waals surface area contributed by atoms with Crippen LogP contribution in [-0.2, 0) is 0 Å². The van der Waals surface area contributed by atoms with Gasteiger partial charge in [-0.25, -0.2) is 15.0 Å². The number of hydrogen-bond donors (Lipinski definition) is 1. The molecule has 0 spiro atoms. The summed E-state index contributed by atoms with van der Waals surface area (Å²) in [7, 11) is 0. The summed E-state index contributed by atoms with van der Waals surface area (Å²) in [5.74, 6) is 0.707. The first-order chi connectivity index (χ1) is 14.0. The molecule has 150 valence electrons. The van der Waals surface area contributed by atoms with E-state index in [4.69, 9.17) is 0 Å². The SMILES string of the molecule is Cc1ncnc(C)c1C(=O)N1C[C@H]2C[C@@H](n3cnc4ccccc43)[C@H](O)C[C@H]2C1. The van der Waals surface area contributed by atoms with Gasteiger partial charge in [0, 0.05) is 13.1 Å². The zero-order valence-electron chi connectivity index (χ0n) is 16.7. The van der Waals surface area contributed by atoms with Gasteiger partial charge >= 0.3 is 0 Å². The molecule has 1 aliphatic heterocycles. The highest BCUT2D eigenvalue weighted by Gasteiger charge is 2.44. The van der Waals surface area contributed by atoms with E-state index in [-0.39, 0.29) is 11.9 Å². The van der Waals surface area contributed by atoms with E-state index in [9.17, 15) is 9.90 Å². The van der Waals surface area contributed by atoms with Crippen molar-refractivity contribution in [2.24, 2.45) is 11.8 Å². The molecule has 2 aliphatic rings. The van der Waals surface area contributed by atoms with Crippen molar-refractivity contribution < 1.29 is 9.90 Å². The molecule has 1 amide bonds. The smallest absolute Gasteiger partial charge is 0.257 e. The zero-order chi connectivity index (χ0) is 20.1. The van der Waals surface area contributed by atoms with Gasteiger partial charge < -0.3 is 14.6 Å². The summed E-state index contributed by atoms with van der Waals surface area (Å²) in [4.78, 5) is 28.0. The van der Waals surface area contributed by atoms with Crippen molar-refractivity contribution >= 4 is 16.9 Å². The van der Waals surface area contributed by atoms with Crippen LogP contribution < -0.4 is 0 Å². The van der Waals surface area contributed by atoms with Crippen LogP contribution >= 0.6 is 0 Å². The van der Waals surface area contributed by atoms with Crippen LogP contribution in [-0.4, -0.2) is 54.6 Å². The van der Waals surface area contributed by atoms with Crippen molar-refractivity contribution in [3.63, 3.8) is 0 Å². The average molecular weight is 391 g/mol. The van der Waals surface area contributed by atoms with Crippen LogP contribution in [0.3, 0.4) is 0 Å². The minimum absolute atomic E-state index is 0.00844. The molecular weight excluding hydrogens is 366 g/mol. The fourth-order valence-electron chi connectivity index (χ4n) is 5.18. The number of amides is 1. The monoisotopic (exact) mass is 391 g/mol. The van der Waals surface area contributed by atoms with Gasteiger partial charge in [-0.05, 0) is 50.7 Å². The lowest BCUT2D eigenvalue weighted by atomic mass is 9.77. The predicted octanol–water partition coefficient (Wildman–Crippen LogP) is 2.53. The van der Waals surface area contributed by atoms with Gasteiger partial charge in [0.1, 0.15) is 6.33 Å². The first-order valence-electron chi connectivity index (χ1n) is 10.2. The molecule has 1 aliphatic carbocycles. The average Bonchev–Trinajstić information content (AvgIpc) is 3.30. The second-order valence-corrected chi connectivity index (χ2v) is 8.40.